The number of anilines is 2. The normalized spacial score (nSPS) is 11.9. The summed E-state index contributed by atoms with van der Waals surface area (Å²) >= 11 is 25.0. The number of aromatic nitrogens is 2. The van der Waals surface area contributed by atoms with Crippen molar-refractivity contribution in [1.82, 2.24) is 9.97 Å². The average Bonchev–Trinajstić information content (AvgIpc) is 3.52. The Hall–Kier alpha value is -2.48. The van der Waals surface area contributed by atoms with Gasteiger partial charge < -0.3 is 0 Å². The molecule has 2 aromatic carbocycles. The molecule has 0 spiro atoms. The predicted octanol–water partition coefficient (Wildman–Crippen LogP) is 8.39. The Morgan fingerprint density at radius 2 is 1.03 bits per heavy atom. The molecule has 2 amide bonds. The summed E-state index contributed by atoms with van der Waals surface area (Å²) in [5.74, 6) is -15.7. The lowest BCUT2D eigenvalue weighted by Crippen LogP contribution is -2.56. The number of hydrogen-bond donors (Lipinski definition) is 2. The van der Waals surface area contributed by atoms with Crippen LogP contribution in [0.2, 0.25) is 20.1 Å². The van der Waals surface area contributed by atoms with Crippen LogP contribution in [0.15, 0.2) is 47.2 Å². The summed E-state index contributed by atoms with van der Waals surface area (Å²) in [6, 6.07) is 8.91. The Labute approximate surface area is 239 Å². The first-order chi connectivity index (χ1) is 17.8. The monoisotopic (exact) mass is 642 g/mol. The molecule has 198 valence electrons. The van der Waals surface area contributed by atoms with Gasteiger partial charge >= 0.3 is 23.7 Å². The standard InChI is InChI=1S/C22H10Cl4F4N4O2S2/c23-11-3-1-9(5-13(11)25)15-7-37-19(31-15)33-17(35)21(27,28)22(29,30)18(36)34-20-32-16(8-38-20)10-2-4-12(24)14(26)6-10/h1-8H,(H,31,33,35)(H,32,34,36). The van der Waals surface area contributed by atoms with Crippen molar-refractivity contribution in [2.75, 3.05) is 10.6 Å². The van der Waals surface area contributed by atoms with Gasteiger partial charge in [-0.1, -0.05) is 58.5 Å². The van der Waals surface area contributed by atoms with Crippen LogP contribution in [0.3, 0.4) is 0 Å². The van der Waals surface area contributed by atoms with Crippen molar-refractivity contribution >= 4 is 91.2 Å². The largest absolute Gasteiger partial charge is 0.396 e. The molecule has 2 aromatic heterocycles. The SMILES string of the molecule is O=C(Nc1nc(-c2ccc(Cl)c(Cl)c2)cs1)C(F)(F)C(F)(F)C(=O)Nc1nc(-c2ccc(Cl)c(Cl)c2)cs1. The maximum Gasteiger partial charge on any atom is 0.396 e. The summed E-state index contributed by atoms with van der Waals surface area (Å²) in [4.78, 5) is 32.0. The Kier molecular flexibility index (Phi) is 8.22. The van der Waals surface area contributed by atoms with Gasteiger partial charge in [-0.25, -0.2) is 9.97 Å². The number of nitrogens with one attached hydrogen (secondary N) is 2. The van der Waals surface area contributed by atoms with Crippen molar-refractivity contribution in [3.63, 3.8) is 0 Å². The van der Waals surface area contributed by atoms with Crippen molar-refractivity contribution in [3.8, 4) is 22.5 Å². The van der Waals surface area contributed by atoms with Crippen LogP contribution in [-0.2, 0) is 9.59 Å². The second-order valence-corrected chi connectivity index (χ2v) is 10.7. The van der Waals surface area contributed by atoms with E-state index in [4.69, 9.17) is 46.4 Å². The van der Waals surface area contributed by atoms with Crippen molar-refractivity contribution in [3.05, 3.63) is 67.2 Å². The van der Waals surface area contributed by atoms with E-state index in [1.54, 1.807) is 10.6 Å². The van der Waals surface area contributed by atoms with Gasteiger partial charge in [0.15, 0.2) is 10.3 Å². The van der Waals surface area contributed by atoms with E-state index in [-0.39, 0.29) is 31.5 Å². The zero-order valence-electron chi connectivity index (χ0n) is 18.2. The second kappa shape index (κ2) is 10.9. The maximum atomic E-state index is 14.5. The minimum Gasteiger partial charge on any atom is -0.296 e. The number of nitrogens with zero attached hydrogens (tertiary/aromatic N) is 2. The molecule has 6 nitrogen and oxygen atoms in total. The van der Waals surface area contributed by atoms with Crippen LogP contribution in [-0.4, -0.2) is 33.6 Å². The van der Waals surface area contributed by atoms with E-state index in [9.17, 15) is 27.2 Å². The van der Waals surface area contributed by atoms with E-state index in [0.29, 0.717) is 33.8 Å². The molecule has 38 heavy (non-hydrogen) atoms. The van der Waals surface area contributed by atoms with E-state index in [1.165, 1.54) is 47.2 Å². The number of alkyl halides is 4. The fourth-order valence-corrected chi connectivity index (χ4v) is 4.90. The molecule has 4 rings (SSSR count). The van der Waals surface area contributed by atoms with Crippen LogP contribution in [0.4, 0.5) is 27.8 Å². The molecule has 0 bridgehead atoms. The van der Waals surface area contributed by atoms with Gasteiger partial charge in [-0.15, -0.1) is 22.7 Å². The fourth-order valence-electron chi connectivity index (χ4n) is 2.87. The molecule has 16 heteroatoms. The van der Waals surface area contributed by atoms with Gasteiger partial charge in [0.1, 0.15) is 0 Å². The maximum absolute atomic E-state index is 14.5. The number of thiazole rings is 2. The summed E-state index contributed by atoms with van der Waals surface area (Å²) in [6.45, 7) is 0. The molecule has 0 radical (unpaired) electrons. The van der Waals surface area contributed by atoms with E-state index in [2.05, 4.69) is 9.97 Å². The molecule has 4 aromatic rings. The van der Waals surface area contributed by atoms with E-state index in [0.717, 1.165) is 0 Å². The van der Waals surface area contributed by atoms with E-state index < -0.39 is 33.9 Å². The minimum absolute atomic E-state index is 0.198. The van der Waals surface area contributed by atoms with Crippen LogP contribution >= 0.6 is 69.1 Å². The van der Waals surface area contributed by atoms with Crippen molar-refractivity contribution in [2.24, 2.45) is 0 Å². The summed E-state index contributed by atoms with van der Waals surface area (Å²) in [5.41, 5.74) is 1.32. The van der Waals surface area contributed by atoms with Gasteiger partial charge in [-0.2, -0.15) is 17.6 Å². The molecule has 0 saturated heterocycles. The number of hydrogen-bond acceptors (Lipinski definition) is 6. The van der Waals surface area contributed by atoms with Gasteiger partial charge in [0.2, 0.25) is 0 Å². The third-order valence-corrected chi connectivity index (χ3v) is 7.84. The van der Waals surface area contributed by atoms with Crippen molar-refractivity contribution in [2.45, 2.75) is 11.8 Å². The second-order valence-electron chi connectivity index (χ2n) is 7.39. The van der Waals surface area contributed by atoms with Gasteiger partial charge in [0.25, 0.3) is 0 Å². The van der Waals surface area contributed by atoms with Crippen molar-refractivity contribution in [1.29, 1.82) is 0 Å². The molecular formula is C22H10Cl4F4N4O2S2. The van der Waals surface area contributed by atoms with Crippen molar-refractivity contribution < 1.29 is 27.2 Å². The molecule has 2 heterocycles. The number of carbonyl (C=O) groups excluding carboxylic acids is 2. The van der Waals surface area contributed by atoms with Gasteiger partial charge in [-0.05, 0) is 24.3 Å². The summed E-state index contributed by atoms with van der Waals surface area (Å²) < 4.78 is 58.0. The molecule has 0 aliphatic heterocycles. The molecule has 0 saturated carbocycles. The van der Waals surface area contributed by atoms with Crippen LogP contribution in [0.25, 0.3) is 22.5 Å². The topological polar surface area (TPSA) is 84.0 Å². The third-order valence-electron chi connectivity index (χ3n) is 4.84. The first-order valence-electron chi connectivity index (χ1n) is 10.00. The highest BCUT2D eigenvalue weighted by molar-refractivity contribution is 7.14. The van der Waals surface area contributed by atoms with Crippen LogP contribution in [0.1, 0.15) is 0 Å². The van der Waals surface area contributed by atoms with Crippen LogP contribution in [0.5, 0.6) is 0 Å². The number of amides is 2. The number of rotatable bonds is 7. The van der Waals surface area contributed by atoms with Crippen LogP contribution < -0.4 is 10.6 Å². The Morgan fingerprint density at radius 1 is 0.658 bits per heavy atom. The lowest BCUT2D eigenvalue weighted by Gasteiger charge is -2.23. The highest BCUT2D eigenvalue weighted by Gasteiger charge is 2.67. The Bertz CT molecular complexity index is 1430. The molecule has 0 atom stereocenters. The van der Waals surface area contributed by atoms with Crippen LogP contribution in [0, 0.1) is 0 Å². The predicted molar refractivity (Wildman–Crippen MR) is 142 cm³/mol. The number of benzene rings is 2. The van der Waals surface area contributed by atoms with Gasteiger partial charge in [0.05, 0.1) is 31.5 Å². The molecule has 0 fully saturated rings. The fraction of sp³-hybridized carbons (Fsp3) is 0.0909. The van der Waals surface area contributed by atoms with Gasteiger partial charge in [-0.3, -0.25) is 20.2 Å². The quantitative estimate of drug-likeness (QED) is 0.198. The van der Waals surface area contributed by atoms with E-state index >= 15 is 0 Å². The zero-order chi connectivity index (χ0) is 27.8. The Morgan fingerprint density at radius 3 is 1.37 bits per heavy atom. The molecule has 2 N–H and O–H groups in total. The molecule has 0 unspecified atom stereocenters. The highest BCUT2D eigenvalue weighted by Crippen LogP contribution is 2.38. The summed E-state index contributed by atoms with van der Waals surface area (Å²) in [6.07, 6.45) is 0. The minimum atomic E-state index is -5.43. The van der Waals surface area contributed by atoms with Gasteiger partial charge in [0, 0.05) is 21.9 Å². The summed E-state index contributed by atoms with van der Waals surface area (Å²) in [5, 5.41) is 6.13. The average molecular weight is 644 g/mol. The lowest BCUT2D eigenvalue weighted by atomic mass is 10.1. The Balaban J connectivity index is 1.46. The molecule has 0 aliphatic carbocycles. The first kappa shape index (κ1) is 28.5. The number of carbonyl (C=O) groups is 2. The molecule has 0 aliphatic rings. The smallest absolute Gasteiger partial charge is 0.296 e. The summed E-state index contributed by atoms with van der Waals surface area (Å²) in [7, 11) is 0. The zero-order valence-corrected chi connectivity index (χ0v) is 22.8. The lowest BCUT2D eigenvalue weighted by molar-refractivity contribution is -0.204. The number of halogens is 8. The first-order valence-corrected chi connectivity index (χ1v) is 13.3. The highest BCUT2D eigenvalue weighted by atomic mass is 35.5. The molecular weight excluding hydrogens is 634 g/mol. The van der Waals surface area contributed by atoms with E-state index in [1.807, 2.05) is 0 Å². The third kappa shape index (κ3) is 5.75.